The molecule has 0 aliphatic carbocycles. The van der Waals surface area contributed by atoms with E-state index < -0.39 is 0 Å². The molecule has 0 saturated carbocycles. The van der Waals surface area contributed by atoms with Crippen LogP contribution in [0, 0.1) is 11.3 Å². The molecule has 78 valence electrons. The predicted molar refractivity (Wildman–Crippen MR) is 56.1 cm³/mol. The second-order valence-corrected chi connectivity index (χ2v) is 3.47. The quantitative estimate of drug-likeness (QED) is 0.703. The topological polar surface area (TPSA) is 42.2 Å². The highest BCUT2D eigenvalue weighted by atomic mass is 16.5. The summed E-state index contributed by atoms with van der Waals surface area (Å²) in [6, 6.07) is 5.87. The van der Waals surface area contributed by atoms with Crippen molar-refractivity contribution in [3.8, 4) is 17.6 Å². The molecule has 0 bridgehead atoms. The fourth-order valence-corrected chi connectivity index (χ4v) is 1.65. The van der Waals surface area contributed by atoms with Gasteiger partial charge in [-0.3, -0.25) is 0 Å². The standard InChI is InChI=1S/C12H13NO2/c1-2-9-6-11-12(7-10(9)8-13)15-5-3-4-14-11/h6-7H,2-5H2,1H3. The fourth-order valence-electron chi connectivity index (χ4n) is 1.65. The molecule has 0 N–H and O–H groups in total. The Morgan fingerprint density at radius 1 is 1.27 bits per heavy atom. The average molecular weight is 203 g/mol. The second kappa shape index (κ2) is 4.22. The zero-order chi connectivity index (χ0) is 10.7. The van der Waals surface area contributed by atoms with E-state index >= 15 is 0 Å². The van der Waals surface area contributed by atoms with E-state index in [2.05, 4.69) is 6.07 Å². The molecule has 2 rings (SSSR count). The molecule has 1 heterocycles. The van der Waals surface area contributed by atoms with Crippen LogP contribution in [0.3, 0.4) is 0 Å². The molecule has 0 atom stereocenters. The van der Waals surface area contributed by atoms with E-state index in [0.717, 1.165) is 24.2 Å². The molecule has 0 spiro atoms. The van der Waals surface area contributed by atoms with Gasteiger partial charge >= 0.3 is 0 Å². The van der Waals surface area contributed by atoms with Gasteiger partial charge in [-0.15, -0.1) is 0 Å². The maximum absolute atomic E-state index is 8.98. The van der Waals surface area contributed by atoms with Gasteiger partial charge in [0.25, 0.3) is 0 Å². The molecule has 3 heteroatoms. The van der Waals surface area contributed by atoms with Crippen molar-refractivity contribution in [2.24, 2.45) is 0 Å². The number of rotatable bonds is 1. The third-order valence-electron chi connectivity index (χ3n) is 2.47. The third-order valence-corrected chi connectivity index (χ3v) is 2.47. The van der Waals surface area contributed by atoms with Crippen molar-refractivity contribution in [1.82, 2.24) is 0 Å². The van der Waals surface area contributed by atoms with Crippen molar-refractivity contribution in [2.75, 3.05) is 13.2 Å². The molecule has 3 nitrogen and oxygen atoms in total. The van der Waals surface area contributed by atoms with Crippen LogP contribution in [0.5, 0.6) is 11.5 Å². The molecular weight excluding hydrogens is 190 g/mol. The van der Waals surface area contributed by atoms with E-state index in [9.17, 15) is 0 Å². The number of fused-ring (bicyclic) bond motifs is 1. The summed E-state index contributed by atoms with van der Waals surface area (Å²) in [5.74, 6) is 1.46. The number of hydrogen-bond acceptors (Lipinski definition) is 3. The van der Waals surface area contributed by atoms with Crippen LogP contribution in [0.4, 0.5) is 0 Å². The van der Waals surface area contributed by atoms with Crippen molar-refractivity contribution in [2.45, 2.75) is 19.8 Å². The van der Waals surface area contributed by atoms with E-state index in [1.165, 1.54) is 0 Å². The van der Waals surface area contributed by atoms with Gasteiger partial charge < -0.3 is 9.47 Å². The van der Waals surface area contributed by atoms with Gasteiger partial charge in [0.1, 0.15) is 0 Å². The van der Waals surface area contributed by atoms with Crippen LogP contribution in [0.15, 0.2) is 12.1 Å². The Balaban J connectivity index is 2.47. The second-order valence-electron chi connectivity index (χ2n) is 3.47. The molecule has 1 aliphatic heterocycles. The predicted octanol–water partition coefficient (Wildman–Crippen LogP) is 2.28. The zero-order valence-electron chi connectivity index (χ0n) is 8.75. The number of nitrogens with zero attached hydrogens (tertiary/aromatic N) is 1. The minimum Gasteiger partial charge on any atom is -0.490 e. The highest BCUT2D eigenvalue weighted by Crippen LogP contribution is 2.32. The number of hydrogen-bond donors (Lipinski definition) is 0. The molecule has 0 radical (unpaired) electrons. The molecule has 0 aromatic heterocycles. The monoisotopic (exact) mass is 203 g/mol. The first-order chi connectivity index (χ1) is 7.35. The normalized spacial score (nSPS) is 14.1. The highest BCUT2D eigenvalue weighted by Gasteiger charge is 2.13. The van der Waals surface area contributed by atoms with Crippen LogP contribution < -0.4 is 9.47 Å². The lowest BCUT2D eigenvalue weighted by atomic mass is 10.1. The van der Waals surface area contributed by atoms with Gasteiger partial charge in [0.05, 0.1) is 24.8 Å². The van der Waals surface area contributed by atoms with Crippen LogP contribution in [0.2, 0.25) is 0 Å². The van der Waals surface area contributed by atoms with Gasteiger partial charge in [0.15, 0.2) is 11.5 Å². The average Bonchev–Trinajstić information content (AvgIpc) is 2.51. The van der Waals surface area contributed by atoms with Crippen molar-refractivity contribution < 1.29 is 9.47 Å². The fraction of sp³-hybridized carbons (Fsp3) is 0.417. The molecule has 0 unspecified atom stereocenters. The van der Waals surface area contributed by atoms with Crippen LogP contribution in [0.25, 0.3) is 0 Å². The Morgan fingerprint density at radius 3 is 2.53 bits per heavy atom. The van der Waals surface area contributed by atoms with Crippen LogP contribution in [-0.2, 0) is 6.42 Å². The summed E-state index contributed by atoms with van der Waals surface area (Å²) in [6.45, 7) is 3.37. The van der Waals surface area contributed by atoms with Crippen LogP contribution in [-0.4, -0.2) is 13.2 Å². The van der Waals surface area contributed by atoms with Crippen LogP contribution >= 0.6 is 0 Å². The maximum Gasteiger partial charge on any atom is 0.162 e. The van der Waals surface area contributed by atoms with Crippen molar-refractivity contribution >= 4 is 0 Å². The molecule has 1 aromatic carbocycles. The van der Waals surface area contributed by atoms with E-state index in [1.54, 1.807) is 6.07 Å². The lowest BCUT2D eigenvalue weighted by Gasteiger charge is -2.09. The van der Waals surface area contributed by atoms with Gasteiger partial charge in [0, 0.05) is 12.5 Å². The Hall–Kier alpha value is -1.69. The smallest absolute Gasteiger partial charge is 0.162 e. The first-order valence-corrected chi connectivity index (χ1v) is 5.17. The molecular formula is C12H13NO2. The van der Waals surface area contributed by atoms with Crippen LogP contribution in [0.1, 0.15) is 24.5 Å². The lowest BCUT2D eigenvalue weighted by molar-refractivity contribution is 0.297. The molecule has 1 aliphatic rings. The molecule has 0 saturated heterocycles. The largest absolute Gasteiger partial charge is 0.490 e. The minimum absolute atomic E-state index is 0.656. The lowest BCUT2D eigenvalue weighted by Crippen LogP contribution is -1.97. The van der Waals surface area contributed by atoms with Gasteiger partial charge in [-0.2, -0.15) is 5.26 Å². The van der Waals surface area contributed by atoms with Gasteiger partial charge in [0.2, 0.25) is 0 Å². The third kappa shape index (κ3) is 1.89. The maximum atomic E-state index is 8.98. The van der Waals surface area contributed by atoms with E-state index in [0.29, 0.717) is 24.5 Å². The Labute approximate surface area is 89.2 Å². The van der Waals surface area contributed by atoms with Crippen molar-refractivity contribution in [3.63, 3.8) is 0 Å². The molecule has 15 heavy (non-hydrogen) atoms. The SMILES string of the molecule is CCc1cc2c(cc1C#N)OCCCO2. The molecule has 0 fully saturated rings. The summed E-state index contributed by atoms with van der Waals surface area (Å²) < 4.78 is 11.1. The van der Waals surface area contributed by atoms with E-state index in [1.807, 2.05) is 13.0 Å². The van der Waals surface area contributed by atoms with Gasteiger partial charge in [-0.1, -0.05) is 6.92 Å². The molecule has 1 aromatic rings. The summed E-state index contributed by atoms with van der Waals surface area (Å²) in [6.07, 6.45) is 1.72. The van der Waals surface area contributed by atoms with Crippen molar-refractivity contribution in [3.05, 3.63) is 23.3 Å². The Morgan fingerprint density at radius 2 is 1.93 bits per heavy atom. The number of nitriles is 1. The first kappa shape index (κ1) is 9.85. The molecule has 0 amide bonds. The summed E-state index contributed by atoms with van der Waals surface area (Å²) in [5.41, 5.74) is 1.70. The summed E-state index contributed by atoms with van der Waals surface area (Å²) in [4.78, 5) is 0. The highest BCUT2D eigenvalue weighted by molar-refractivity contribution is 5.52. The van der Waals surface area contributed by atoms with Crippen molar-refractivity contribution in [1.29, 1.82) is 5.26 Å². The Kier molecular flexibility index (Phi) is 2.77. The summed E-state index contributed by atoms with van der Waals surface area (Å²) >= 11 is 0. The minimum atomic E-state index is 0.656. The number of aryl methyl sites for hydroxylation is 1. The van der Waals surface area contributed by atoms with E-state index in [4.69, 9.17) is 14.7 Å². The van der Waals surface area contributed by atoms with Gasteiger partial charge in [-0.25, -0.2) is 0 Å². The number of benzene rings is 1. The summed E-state index contributed by atoms with van der Waals surface area (Å²) in [7, 11) is 0. The first-order valence-electron chi connectivity index (χ1n) is 5.17. The Bertz CT molecular complexity index is 407. The van der Waals surface area contributed by atoms with E-state index in [-0.39, 0.29) is 0 Å². The summed E-state index contributed by atoms with van der Waals surface area (Å²) in [5, 5.41) is 8.98. The van der Waals surface area contributed by atoms with Gasteiger partial charge in [-0.05, 0) is 18.1 Å². The number of ether oxygens (including phenoxy) is 2. The zero-order valence-corrected chi connectivity index (χ0v) is 8.75.